The van der Waals surface area contributed by atoms with Crippen molar-refractivity contribution in [3.63, 3.8) is 0 Å². The first-order chi connectivity index (χ1) is 12.7. The molecule has 0 bridgehead atoms. The molecule has 150 valence electrons. The van der Waals surface area contributed by atoms with E-state index in [4.69, 9.17) is 23.7 Å². The number of amides is 1. The molecule has 1 heterocycles. The third-order valence-corrected chi connectivity index (χ3v) is 3.87. The molecule has 1 aliphatic heterocycles. The van der Waals surface area contributed by atoms with Crippen LogP contribution in [0.1, 0.15) is 31.9 Å². The Balaban J connectivity index is 2.27. The van der Waals surface area contributed by atoms with Crippen LogP contribution in [-0.2, 0) is 36.7 Å². The molecule has 0 spiro atoms. The Morgan fingerprint density at radius 2 is 1.81 bits per heavy atom. The molecule has 0 radical (unpaired) electrons. The standard InChI is InChI=1S/C19H27NO7/c1-19(2,3)27-18(22)20-10-14-8-15(25-11-23-4)7-6-13(14)9-16(20)17(21)26-12-24-5/h6-8,16H,9-12H2,1-5H3/t16-/m0/s1. The molecule has 0 aliphatic carbocycles. The summed E-state index contributed by atoms with van der Waals surface area (Å²) in [6.07, 6.45) is -0.252. The Bertz CT molecular complexity index is 669. The number of ether oxygens (including phenoxy) is 5. The molecule has 1 amide bonds. The highest BCUT2D eigenvalue weighted by molar-refractivity contribution is 5.82. The number of hydrogen-bond acceptors (Lipinski definition) is 7. The summed E-state index contributed by atoms with van der Waals surface area (Å²) < 4.78 is 25.7. The van der Waals surface area contributed by atoms with E-state index in [9.17, 15) is 9.59 Å². The minimum atomic E-state index is -0.784. The van der Waals surface area contributed by atoms with Crippen LogP contribution >= 0.6 is 0 Å². The van der Waals surface area contributed by atoms with E-state index in [1.54, 1.807) is 33.9 Å². The van der Waals surface area contributed by atoms with Crippen molar-refractivity contribution < 1.29 is 33.3 Å². The molecule has 1 atom stereocenters. The average Bonchev–Trinajstić information content (AvgIpc) is 2.61. The van der Waals surface area contributed by atoms with Crippen LogP contribution in [0.15, 0.2) is 18.2 Å². The van der Waals surface area contributed by atoms with Gasteiger partial charge in [-0.05, 0) is 44.0 Å². The fourth-order valence-corrected chi connectivity index (χ4v) is 2.71. The minimum Gasteiger partial charge on any atom is -0.468 e. The summed E-state index contributed by atoms with van der Waals surface area (Å²) in [5.74, 6) is 0.0909. The van der Waals surface area contributed by atoms with Crippen LogP contribution in [0.3, 0.4) is 0 Å². The second-order valence-corrected chi connectivity index (χ2v) is 7.18. The highest BCUT2D eigenvalue weighted by Crippen LogP contribution is 2.29. The highest BCUT2D eigenvalue weighted by Gasteiger charge is 2.38. The van der Waals surface area contributed by atoms with Gasteiger partial charge in [-0.25, -0.2) is 9.59 Å². The minimum absolute atomic E-state index is 0.126. The second-order valence-electron chi connectivity index (χ2n) is 7.18. The topological polar surface area (TPSA) is 83.5 Å². The SMILES string of the molecule is COCOC(=O)[C@@H]1Cc2ccc(OCOC)cc2CN1C(=O)OC(C)(C)C. The number of esters is 1. The van der Waals surface area contributed by atoms with E-state index in [0.717, 1.165) is 11.1 Å². The molecule has 0 N–H and O–H groups in total. The molecule has 0 saturated heterocycles. The van der Waals surface area contributed by atoms with Crippen molar-refractivity contribution in [1.82, 2.24) is 4.90 Å². The number of benzene rings is 1. The first kappa shape index (κ1) is 21.0. The maximum absolute atomic E-state index is 12.7. The fourth-order valence-electron chi connectivity index (χ4n) is 2.71. The molecule has 1 aromatic carbocycles. The van der Waals surface area contributed by atoms with Gasteiger partial charge in [-0.15, -0.1) is 0 Å². The molecule has 0 unspecified atom stereocenters. The van der Waals surface area contributed by atoms with Gasteiger partial charge in [0.15, 0.2) is 13.6 Å². The monoisotopic (exact) mass is 381 g/mol. The summed E-state index contributed by atoms with van der Waals surface area (Å²) in [6, 6.07) is 4.73. The zero-order chi connectivity index (χ0) is 20.0. The Labute approximate surface area is 159 Å². The third kappa shape index (κ3) is 5.83. The second kappa shape index (κ2) is 9.05. The maximum Gasteiger partial charge on any atom is 0.411 e. The first-order valence-electron chi connectivity index (χ1n) is 8.64. The van der Waals surface area contributed by atoms with E-state index in [1.807, 2.05) is 12.1 Å². The Hall–Kier alpha value is -2.32. The van der Waals surface area contributed by atoms with Gasteiger partial charge in [0, 0.05) is 20.6 Å². The number of hydrogen-bond donors (Lipinski definition) is 0. The number of carbonyl (C=O) groups is 2. The predicted octanol–water partition coefficient (Wildman–Crippen LogP) is 2.48. The van der Waals surface area contributed by atoms with Gasteiger partial charge in [0.25, 0.3) is 0 Å². The van der Waals surface area contributed by atoms with E-state index < -0.39 is 23.7 Å². The maximum atomic E-state index is 12.7. The van der Waals surface area contributed by atoms with Crippen molar-refractivity contribution in [3.8, 4) is 5.75 Å². The van der Waals surface area contributed by atoms with Crippen LogP contribution < -0.4 is 4.74 Å². The smallest absolute Gasteiger partial charge is 0.411 e. The van der Waals surface area contributed by atoms with E-state index in [0.29, 0.717) is 12.2 Å². The van der Waals surface area contributed by atoms with Gasteiger partial charge in [-0.1, -0.05) is 6.07 Å². The summed E-state index contributed by atoms with van der Waals surface area (Å²) in [7, 11) is 2.97. The third-order valence-electron chi connectivity index (χ3n) is 3.87. The lowest BCUT2D eigenvalue weighted by atomic mass is 9.94. The normalized spacial score (nSPS) is 16.5. The zero-order valence-corrected chi connectivity index (χ0v) is 16.4. The number of fused-ring (bicyclic) bond motifs is 1. The number of rotatable bonds is 6. The van der Waals surface area contributed by atoms with Gasteiger partial charge >= 0.3 is 12.1 Å². The quantitative estimate of drug-likeness (QED) is 0.553. The van der Waals surface area contributed by atoms with Gasteiger partial charge < -0.3 is 23.7 Å². The van der Waals surface area contributed by atoms with Crippen molar-refractivity contribution in [1.29, 1.82) is 0 Å². The van der Waals surface area contributed by atoms with Gasteiger partial charge in [0.05, 0.1) is 6.54 Å². The molecule has 0 fully saturated rings. The molecule has 27 heavy (non-hydrogen) atoms. The molecule has 0 aromatic heterocycles. The van der Waals surface area contributed by atoms with Crippen molar-refractivity contribution in [3.05, 3.63) is 29.3 Å². The molecular formula is C19H27NO7. The van der Waals surface area contributed by atoms with E-state index in [-0.39, 0.29) is 20.1 Å². The van der Waals surface area contributed by atoms with E-state index in [1.165, 1.54) is 12.0 Å². The Morgan fingerprint density at radius 3 is 2.44 bits per heavy atom. The van der Waals surface area contributed by atoms with Crippen LogP contribution in [0.5, 0.6) is 5.75 Å². The molecule has 8 heteroatoms. The lowest BCUT2D eigenvalue weighted by Gasteiger charge is -2.36. The van der Waals surface area contributed by atoms with E-state index >= 15 is 0 Å². The molecular weight excluding hydrogens is 354 g/mol. The largest absolute Gasteiger partial charge is 0.468 e. The Morgan fingerprint density at radius 1 is 1.11 bits per heavy atom. The van der Waals surface area contributed by atoms with Crippen molar-refractivity contribution in [2.24, 2.45) is 0 Å². The van der Waals surface area contributed by atoms with Crippen molar-refractivity contribution in [2.45, 2.75) is 45.4 Å². The van der Waals surface area contributed by atoms with Crippen LogP contribution in [0.2, 0.25) is 0 Å². The lowest BCUT2D eigenvalue weighted by molar-refractivity contribution is -0.160. The lowest BCUT2D eigenvalue weighted by Crippen LogP contribution is -2.50. The highest BCUT2D eigenvalue weighted by atomic mass is 16.7. The van der Waals surface area contributed by atoms with Gasteiger partial charge in [0.1, 0.15) is 17.4 Å². The number of nitrogens with zero attached hydrogens (tertiary/aromatic N) is 1. The zero-order valence-electron chi connectivity index (χ0n) is 16.4. The number of carbonyl (C=O) groups excluding carboxylic acids is 2. The molecule has 2 rings (SSSR count). The van der Waals surface area contributed by atoms with Crippen LogP contribution in [-0.4, -0.2) is 56.4 Å². The first-order valence-corrected chi connectivity index (χ1v) is 8.64. The van der Waals surface area contributed by atoms with Crippen molar-refractivity contribution >= 4 is 12.1 Å². The average molecular weight is 381 g/mol. The van der Waals surface area contributed by atoms with Crippen LogP contribution in [0, 0.1) is 0 Å². The van der Waals surface area contributed by atoms with E-state index in [2.05, 4.69) is 0 Å². The van der Waals surface area contributed by atoms with Gasteiger partial charge in [0.2, 0.25) is 0 Å². The predicted molar refractivity (Wildman–Crippen MR) is 96.2 cm³/mol. The summed E-state index contributed by atoms with van der Waals surface area (Å²) in [4.78, 5) is 26.5. The molecule has 1 aromatic rings. The molecule has 0 saturated carbocycles. The van der Waals surface area contributed by atoms with Gasteiger partial charge in [-0.2, -0.15) is 0 Å². The fraction of sp³-hybridized carbons (Fsp3) is 0.579. The summed E-state index contributed by atoms with van der Waals surface area (Å²) in [5.41, 5.74) is 1.14. The van der Waals surface area contributed by atoms with Crippen LogP contribution in [0.4, 0.5) is 4.79 Å². The van der Waals surface area contributed by atoms with Crippen LogP contribution in [0.25, 0.3) is 0 Å². The summed E-state index contributed by atoms with van der Waals surface area (Å²) in [6.45, 7) is 5.49. The summed E-state index contributed by atoms with van der Waals surface area (Å²) >= 11 is 0. The Kier molecular flexibility index (Phi) is 7.04. The summed E-state index contributed by atoms with van der Waals surface area (Å²) in [5, 5.41) is 0. The number of methoxy groups -OCH3 is 2. The molecule has 8 nitrogen and oxygen atoms in total. The van der Waals surface area contributed by atoms with Gasteiger partial charge in [-0.3, -0.25) is 4.90 Å². The van der Waals surface area contributed by atoms with Crippen molar-refractivity contribution in [2.75, 3.05) is 27.8 Å². The molecule has 1 aliphatic rings.